The van der Waals surface area contributed by atoms with E-state index >= 15 is 0 Å². The number of nitrogens with one attached hydrogen (secondary N) is 3. The van der Waals surface area contributed by atoms with Gasteiger partial charge in [0.05, 0.1) is 0 Å². The molecule has 5 heteroatoms. The van der Waals surface area contributed by atoms with Crippen molar-refractivity contribution >= 4 is 11.9 Å². The van der Waals surface area contributed by atoms with E-state index in [9.17, 15) is 0 Å². The fraction of sp³-hybridized carbons (Fsp3) is 0.429. The maximum Gasteiger partial charge on any atom is 0.197 e. The zero-order valence-corrected chi connectivity index (χ0v) is 7.39. The van der Waals surface area contributed by atoms with Crippen LogP contribution in [-0.4, -0.2) is 30.4 Å². The molecule has 0 aromatic heterocycles. The summed E-state index contributed by atoms with van der Waals surface area (Å²) in [5.41, 5.74) is 5.05. The van der Waals surface area contributed by atoms with Crippen LogP contribution in [0.4, 0.5) is 0 Å². The zero-order chi connectivity index (χ0) is 9.56. The first kappa shape index (κ1) is 10.5. The van der Waals surface area contributed by atoms with Gasteiger partial charge in [0.15, 0.2) is 11.9 Å². The number of guanidine groups is 2. The van der Waals surface area contributed by atoms with Gasteiger partial charge in [0, 0.05) is 13.6 Å². The second kappa shape index (κ2) is 5.17. The third-order valence-electron chi connectivity index (χ3n) is 1.25. The van der Waals surface area contributed by atoms with Crippen molar-refractivity contribution in [3.8, 4) is 0 Å². The van der Waals surface area contributed by atoms with Crippen LogP contribution in [0.1, 0.15) is 6.92 Å². The van der Waals surface area contributed by atoms with Gasteiger partial charge < -0.3 is 10.6 Å². The molecule has 12 heavy (non-hydrogen) atoms. The van der Waals surface area contributed by atoms with Crippen LogP contribution < -0.4 is 11.1 Å². The summed E-state index contributed by atoms with van der Waals surface area (Å²) < 4.78 is 0. The minimum atomic E-state index is -0.215. The lowest BCUT2D eigenvalue weighted by Crippen LogP contribution is -2.44. The fourth-order valence-corrected chi connectivity index (χ4v) is 0.578. The molecule has 0 bridgehead atoms. The van der Waals surface area contributed by atoms with E-state index in [1.54, 1.807) is 11.9 Å². The van der Waals surface area contributed by atoms with Crippen molar-refractivity contribution < 1.29 is 0 Å². The standard InChI is InChI=1S/C7H15N5/c1-3-4-5-12(2)7(10)11-6(8)9/h3-4H,5H2,1-2H3,(H5,8,9,10,11)/b4-3+. The van der Waals surface area contributed by atoms with Crippen LogP contribution in [0.25, 0.3) is 0 Å². The van der Waals surface area contributed by atoms with E-state index < -0.39 is 0 Å². The van der Waals surface area contributed by atoms with Gasteiger partial charge in [-0.3, -0.25) is 16.1 Å². The first-order chi connectivity index (χ1) is 5.57. The Morgan fingerprint density at radius 3 is 2.58 bits per heavy atom. The molecule has 68 valence electrons. The van der Waals surface area contributed by atoms with Crippen LogP contribution in [0.5, 0.6) is 0 Å². The molecular formula is C7H15N5. The lowest BCUT2D eigenvalue weighted by molar-refractivity contribution is 0.544. The van der Waals surface area contributed by atoms with Crippen molar-refractivity contribution in [2.24, 2.45) is 5.73 Å². The van der Waals surface area contributed by atoms with Gasteiger partial charge in [-0.1, -0.05) is 12.2 Å². The summed E-state index contributed by atoms with van der Waals surface area (Å²) in [5.74, 6) is -0.0899. The molecule has 0 aliphatic carbocycles. The minimum absolute atomic E-state index is 0.126. The van der Waals surface area contributed by atoms with Gasteiger partial charge in [-0.05, 0) is 6.92 Å². The third-order valence-corrected chi connectivity index (χ3v) is 1.25. The molecule has 5 nitrogen and oxygen atoms in total. The summed E-state index contributed by atoms with van der Waals surface area (Å²) in [6, 6.07) is 0. The van der Waals surface area contributed by atoms with E-state index in [2.05, 4.69) is 5.32 Å². The van der Waals surface area contributed by atoms with Gasteiger partial charge in [-0.15, -0.1) is 0 Å². The third kappa shape index (κ3) is 4.32. The highest BCUT2D eigenvalue weighted by molar-refractivity contribution is 5.94. The van der Waals surface area contributed by atoms with Gasteiger partial charge >= 0.3 is 0 Å². The van der Waals surface area contributed by atoms with Crippen LogP contribution >= 0.6 is 0 Å². The molecule has 0 rings (SSSR count). The van der Waals surface area contributed by atoms with Crippen LogP contribution in [0.2, 0.25) is 0 Å². The van der Waals surface area contributed by atoms with Gasteiger partial charge in [0.25, 0.3) is 0 Å². The molecule has 0 aromatic rings. The van der Waals surface area contributed by atoms with Crippen molar-refractivity contribution in [3.63, 3.8) is 0 Å². The lowest BCUT2D eigenvalue weighted by atomic mass is 10.5. The Labute approximate surface area is 72.3 Å². The second-order valence-electron chi connectivity index (χ2n) is 2.34. The van der Waals surface area contributed by atoms with E-state index in [-0.39, 0.29) is 11.9 Å². The van der Waals surface area contributed by atoms with E-state index in [1.165, 1.54) is 0 Å². The number of rotatable bonds is 2. The highest BCUT2D eigenvalue weighted by atomic mass is 15.3. The van der Waals surface area contributed by atoms with Gasteiger partial charge in [-0.25, -0.2) is 0 Å². The average molecular weight is 169 g/mol. The molecule has 0 spiro atoms. The van der Waals surface area contributed by atoms with E-state index in [1.807, 2.05) is 19.1 Å². The summed E-state index contributed by atoms with van der Waals surface area (Å²) in [5, 5.41) is 16.6. The first-order valence-electron chi connectivity index (χ1n) is 3.59. The highest BCUT2D eigenvalue weighted by Crippen LogP contribution is 1.82. The summed E-state index contributed by atoms with van der Waals surface area (Å²) in [6.07, 6.45) is 3.81. The topological polar surface area (TPSA) is 89.0 Å². The Balaban J connectivity index is 3.84. The second-order valence-corrected chi connectivity index (χ2v) is 2.34. The number of hydrogen-bond donors (Lipinski definition) is 4. The molecule has 0 atom stereocenters. The first-order valence-corrected chi connectivity index (χ1v) is 3.59. The van der Waals surface area contributed by atoms with Crippen molar-refractivity contribution in [1.29, 1.82) is 10.8 Å². The molecule has 0 amide bonds. The van der Waals surface area contributed by atoms with Gasteiger partial charge in [0.1, 0.15) is 0 Å². The number of nitrogens with zero attached hydrogens (tertiary/aromatic N) is 1. The van der Waals surface area contributed by atoms with Crippen LogP contribution in [-0.2, 0) is 0 Å². The molecule has 5 N–H and O–H groups in total. The predicted molar refractivity (Wildman–Crippen MR) is 50.2 cm³/mol. The smallest absolute Gasteiger partial charge is 0.197 e. The lowest BCUT2D eigenvalue weighted by Gasteiger charge is -2.17. The number of hydrogen-bond acceptors (Lipinski definition) is 2. The molecule has 0 unspecified atom stereocenters. The molecule has 0 saturated heterocycles. The van der Waals surface area contributed by atoms with Gasteiger partial charge in [0.2, 0.25) is 0 Å². The normalized spacial score (nSPS) is 9.83. The average Bonchev–Trinajstić information content (AvgIpc) is 1.98. The quantitative estimate of drug-likeness (QED) is 0.264. The molecule has 0 aromatic carbocycles. The molecule has 0 heterocycles. The van der Waals surface area contributed by atoms with Crippen LogP contribution in [0, 0.1) is 10.8 Å². The Hall–Kier alpha value is -1.52. The highest BCUT2D eigenvalue weighted by Gasteiger charge is 2.01. The molecule has 0 radical (unpaired) electrons. The Kier molecular flexibility index (Phi) is 4.52. The maximum absolute atomic E-state index is 7.36. The number of nitrogens with two attached hydrogens (primary N) is 1. The Morgan fingerprint density at radius 2 is 2.17 bits per heavy atom. The number of allylic oxidation sites excluding steroid dienone is 1. The predicted octanol–water partition coefficient (Wildman–Crippen LogP) is -0.0879. The molecular weight excluding hydrogens is 154 g/mol. The SMILES string of the molecule is C/C=C/CN(C)C(=N)NC(=N)N. The monoisotopic (exact) mass is 169 g/mol. The van der Waals surface area contributed by atoms with Crippen molar-refractivity contribution in [1.82, 2.24) is 10.2 Å². The largest absolute Gasteiger partial charge is 0.370 e. The van der Waals surface area contributed by atoms with Crippen LogP contribution in [0.15, 0.2) is 12.2 Å². The number of likely N-dealkylation sites (N-methyl/N-ethyl adjacent to an activating group) is 1. The zero-order valence-electron chi connectivity index (χ0n) is 7.39. The van der Waals surface area contributed by atoms with Crippen molar-refractivity contribution in [2.45, 2.75) is 6.92 Å². The van der Waals surface area contributed by atoms with Crippen LogP contribution in [0.3, 0.4) is 0 Å². The van der Waals surface area contributed by atoms with E-state index in [4.69, 9.17) is 16.6 Å². The molecule has 0 fully saturated rings. The van der Waals surface area contributed by atoms with Gasteiger partial charge in [-0.2, -0.15) is 0 Å². The summed E-state index contributed by atoms with van der Waals surface area (Å²) >= 11 is 0. The van der Waals surface area contributed by atoms with E-state index in [0.717, 1.165) is 0 Å². The van der Waals surface area contributed by atoms with Crippen molar-refractivity contribution in [2.75, 3.05) is 13.6 Å². The Bertz CT molecular complexity index is 196. The Morgan fingerprint density at radius 1 is 1.58 bits per heavy atom. The molecule has 0 aliphatic rings. The fourth-order valence-electron chi connectivity index (χ4n) is 0.578. The summed E-state index contributed by atoms with van der Waals surface area (Å²) in [7, 11) is 1.75. The molecule has 0 saturated carbocycles. The molecule has 0 aliphatic heterocycles. The van der Waals surface area contributed by atoms with E-state index in [0.29, 0.717) is 6.54 Å². The minimum Gasteiger partial charge on any atom is -0.370 e. The summed E-state index contributed by atoms with van der Waals surface area (Å²) in [4.78, 5) is 1.64. The maximum atomic E-state index is 7.36. The van der Waals surface area contributed by atoms with Crippen molar-refractivity contribution in [3.05, 3.63) is 12.2 Å². The summed E-state index contributed by atoms with van der Waals surface area (Å²) in [6.45, 7) is 2.55.